The van der Waals surface area contributed by atoms with Gasteiger partial charge in [0.2, 0.25) is 0 Å². The van der Waals surface area contributed by atoms with E-state index in [1.54, 1.807) is 12.2 Å². The van der Waals surface area contributed by atoms with Crippen molar-refractivity contribution in [2.24, 2.45) is 0 Å². The van der Waals surface area contributed by atoms with Gasteiger partial charge in [-0.25, -0.2) is 9.59 Å². The van der Waals surface area contributed by atoms with Crippen LogP contribution < -0.4 is 11.3 Å². The maximum Gasteiger partial charge on any atom is 0.331 e. The van der Waals surface area contributed by atoms with Crippen LogP contribution in [-0.4, -0.2) is 28.1 Å². The molecule has 0 saturated heterocycles. The molecule has 0 radical (unpaired) electrons. The maximum atomic E-state index is 9.84. The van der Waals surface area contributed by atoms with Crippen molar-refractivity contribution >= 4 is 24.0 Å². The van der Waals surface area contributed by atoms with Crippen LogP contribution in [-0.2, 0) is 14.4 Å². The number of hydrogen-bond acceptors (Lipinski definition) is 4. The molecule has 148 valence electrons. The molecule has 0 aromatic heterocycles. The zero-order valence-corrected chi connectivity index (χ0v) is 15.5. The zero-order chi connectivity index (χ0) is 21.0. The zero-order valence-electron chi connectivity index (χ0n) is 15.5. The van der Waals surface area contributed by atoms with Gasteiger partial charge >= 0.3 is 11.9 Å². The third kappa shape index (κ3) is 30.7. The quantitative estimate of drug-likeness (QED) is 0.512. The van der Waals surface area contributed by atoms with Crippen LogP contribution in [0.2, 0.25) is 0 Å². The van der Waals surface area contributed by atoms with Gasteiger partial charge in [-0.2, -0.15) is 0 Å². The first kappa shape index (κ1) is 31.1. The van der Waals surface area contributed by atoms with E-state index in [1.807, 2.05) is 36.4 Å². The highest BCUT2D eigenvalue weighted by molar-refractivity contribution is 5.90. The Morgan fingerprint density at radius 2 is 1.37 bits per heavy atom. The average Bonchev–Trinajstić information content (AvgIpc) is 2.63. The molecule has 0 atom stereocenters. The number of allylic oxidation sites excluding steroid dienone is 2. The van der Waals surface area contributed by atoms with Crippen LogP contribution in [0.25, 0.3) is 6.08 Å². The van der Waals surface area contributed by atoms with E-state index in [0.717, 1.165) is 6.08 Å². The first-order chi connectivity index (χ1) is 12.2. The van der Waals surface area contributed by atoms with Crippen molar-refractivity contribution in [3.05, 3.63) is 92.6 Å². The van der Waals surface area contributed by atoms with E-state index < -0.39 is 24.3 Å². The molecule has 6 N–H and O–H groups in total. The molecule has 0 saturated carbocycles. The Hall–Kier alpha value is -3.71. The normalized spacial score (nSPS) is 7.26. The lowest BCUT2D eigenvalue weighted by Gasteiger charge is -1.98. The fourth-order valence-electron chi connectivity index (χ4n) is 0.839. The molecule has 0 aliphatic heterocycles. The highest BCUT2D eigenvalue weighted by atomic mass is 16.4. The van der Waals surface area contributed by atoms with Crippen LogP contribution in [0.1, 0.15) is 12.0 Å². The Morgan fingerprint density at radius 3 is 1.52 bits per heavy atom. The number of carboxylic acid groups (broad SMARTS) is 3. The Balaban J connectivity index is -0.000000135. The van der Waals surface area contributed by atoms with Gasteiger partial charge in [-0.15, -0.1) is 0 Å². The molecule has 0 fully saturated rings. The Kier molecular flexibility index (Phi) is 25.7. The summed E-state index contributed by atoms with van der Waals surface area (Å²) in [5, 5.41) is 25.3. The number of quaternary nitrogens is 1. The second kappa shape index (κ2) is 22.3. The lowest BCUT2D eigenvalue weighted by Crippen LogP contribution is -2.23. The number of benzene rings is 1. The average molecular weight is 377 g/mol. The van der Waals surface area contributed by atoms with Crippen molar-refractivity contribution < 1.29 is 29.7 Å². The summed E-state index contributed by atoms with van der Waals surface area (Å²) >= 11 is 0. The molecule has 27 heavy (non-hydrogen) atoms. The first-order valence-electron chi connectivity index (χ1n) is 7.03. The second-order valence-electron chi connectivity index (χ2n) is 4.09. The van der Waals surface area contributed by atoms with E-state index in [9.17, 15) is 19.5 Å². The minimum atomic E-state index is -1.43. The summed E-state index contributed by atoms with van der Waals surface area (Å²) in [4.78, 5) is 28.8. The molecule has 1 rings (SSSR count). The second-order valence-corrected chi connectivity index (χ2v) is 4.09. The minimum Gasteiger partial charge on any atom is -0.550 e. The number of carboxylic acids is 3. The molecular weight excluding hydrogens is 350 g/mol. The Labute approximate surface area is 159 Å². The summed E-state index contributed by atoms with van der Waals surface area (Å²) in [5.41, 5.74) is 0.808. The number of hydrogen-bond donors (Lipinski definition) is 3. The van der Waals surface area contributed by atoms with Gasteiger partial charge in [0.25, 0.3) is 0 Å². The van der Waals surface area contributed by atoms with Gasteiger partial charge in [-0.05, 0) is 5.56 Å². The van der Waals surface area contributed by atoms with Crippen molar-refractivity contribution in [1.82, 2.24) is 6.15 Å². The Morgan fingerprint density at radius 1 is 0.963 bits per heavy atom. The van der Waals surface area contributed by atoms with Crippen molar-refractivity contribution in [3.8, 4) is 0 Å². The molecule has 0 aliphatic carbocycles. The molecule has 0 unspecified atom stereocenters. The lowest BCUT2D eigenvalue weighted by molar-refractivity contribution is -0.304. The molecule has 0 bridgehead atoms. The molecule has 0 heterocycles. The van der Waals surface area contributed by atoms with Gasteiger partial charge < -0.3 is 26.3 Å². The molecule has 1 aromatic rings. The van der Waals surface area contributed by atoms with Crippen LogP contribution in [0.3, 0.4) is 0 Å². The molecule has 0 spiro atoms. The van der Waals surface area contributed by atoms with E-state index in [-0.39, 0.29) is 11.7 Å². The molecule has 7 nitrogen and oxygen atoms in total. The van der Waals surface area contributed by atoms with Gasteiger partial charge in [-0.3, -0.25) is 0 Å². The number of rotatable bonds is 6. The van der Waals surface area contributed by atoms with Crippen molar-refractivity contribution in [2.75, 3.05) is 0 Å². The summed E-state index contributed by atoms with van der Waals surface area (Å²) in [5.74, 6) is -3.72. The third-order valence-electron chi connectivity index (χ3n) is 2.04. The van der Waals surface area contributed by atoms with Crippen molar-refractivity contribution in [2.45, 2.75) is 6.42 Å². The molecular formula is C20H27NO6. The molecule has 0 amide bonds. The van der Waals surface area contributed by atoms with Gasteiger partial charge in [0, 0.05) is 24.0 Å². The number of carbonyl (C=O) groups excluding carboxylic acids is 1. The van der Waals surface area contributed by atoms with Gasteiger partial charge in [-0.1, -0.05) is 81.5 Å². The SMILES string of the molecule is C=C(CC(=O)[O-])C(=O)O.C=CC(=O)O.C=CC=C.C=Cc1ccccc1.[NH4+]. The lowest BCUT2D eigenvalue weighted by atomic mass is 10.2. The largest absolute Gasteiger partial charge is 0.550 e. The van der Waals surface area contributed by atoms with Crippen LogP contribution >= 0.6 is 0 Å². The summed E-state index contributed by atoms with van der Waals surface area (Å²) in [6, 6.07) is 10.0. The van der Waals surface area contributed by atoms with Gasteiger partial charge in [0.15, 0.2) is 0 Å². The van der Waals surface area contributed by atoms with E-state index >= 15 is 0 Å². The fourth-order valence-corrected chi connectivity index (χ4v) is 0.839. The predicted molar refractivity (Wildman–Crippen MR) is 107 cm³/mol. The van der Waals surface area contributed by atoms with E-state index in [1.165, 1.54) is 5.56 Å². The minimum absolute atomic E-state index is 0. The summed E-state index contributed by atoms with van der Waals surface area (Å²) in [7, 11) is 0. The number of carbonyl (C=O) groups is 3. The van der Waals surface area contributed by atoms with E-state index in [4.69, 9.17) is 10.2 Å². The standard InChI is InChI=1S/C8H8.C5H6O4.C4H6.C3H4O2.H3N/c1-2-8-6-4-3-5-7-8;1-3(5(8)9)2-4(6)7;1-3-4-2;1-2-3(4)5;/h2-7H,1H2;1-2H2,(H,6,7)(H,8,9);3-4H,1-2H2;2H,1H2,(H,4,5);1H3. The smallest absolute Gasteiger partial charge is 0.331 e. The molecule has 1 aromatic carbocycles. The van der Waals surface area contributed by atoms with Gasteiger partial charge in [0.1, 0.15) is 0 Å². The molecule has 0 aliphatic rings. The summed E-state index contributed by atoms with van der Waals surface area (Å²) in [6.45, 7) is 16.3. The Bertz CT molecular complexity index is 615. The van der Waals surface area contributed by atoms with E-state index in [0.29, 0.717) is 0 Å². The van der Waals surface area contributed by atoms with Crippen LogP contribution in [0.5, 0.6) is 0 Å². The van der Waals surface area contributed by atoms with Crippen LogP contribution in [0.15, 0.2) is 87.0 Å². The van der Waals surface area contributed by atoms with Crippen LogP contribution in [0, 0.1) is 0 Å². The highest BCUT2D eigenvalue weighted by Crippen LogP contribution is 1.97. The predicted octanol–water partition coefficient (Wildman–Crippen LogP) is 3.09. The highest BCUT2D eigenvalue weighted by Gasteiger charge is 2.01. The molecule has 7 heteroatoms. The number of aliphatic carboxylic acids is 3. The fraction of sp³-hybridized carbons (Fsp3) is 0.0500. The van der Waals surface area contributed by atoms with Crippen molar-refractivity contribution in [1.29, 1.82) is 0 Å². The first-order valence-corrected chi connectivity index (χ1v) is 7.03. The summed E-state index contributed by atoms with van der Waals surface area (Å²) in [6.07, 6.45) is 5.33. The maximum absolute atomic E-state index is 9.84. The topological polar surface area (TPSA) is 151 Å². The van der Waals surface area contributed by atoms with Crippen molar-refractivity contribution in [3.63, 3.8) is 0 Å². The monoisotopic (exact) mass is 377 g/mol. The third-order valence-corrected chi connectivity index (χ3v) is 2.04. The summed E-state index contributed by atoms with van der Waals surface area (Å²) < 4.78 is 0. The van der Waals surface area contributed by atoms with E-state index in [2.05, 4.69) is 32.9 Å². The van der Waals surface area contributed by atoms with Crippen LogP contribution in [0.4, 0.5) is 0 Å². The van der Waals surface area contributed by atoms with Gasteiger partial charge in [0.05, 0.1) is 0 Å².